The summed E-state index contributed by atoms with van der Waals surface area (Å²) >= 11 is 0. The smallest absolute Gasteiger partial charge is 0 e. The molecule has 0 saturated heterocycles. The quantitative estimate of drug-likeness (QED) is 0.428. The van der Waals surface area contributed by atoms with Crippen molar-refractivity contribution >= 4 is 37.7 Å². The molecular weight excluding hydrogens is 189 g/mol. The first kappa shape index (κ1) is 16.4. The van der Waals surface area contributed by atoms with Gasteiger partial charge in [-0.2, -0.15) is 0 Å². The third kappa shape index (κ3) is 10.7. The molecule has 0 amide bonds. The summed E-state index contributed by atoms with van der Waals surface area (Å²) in [6.07, 6.45) is -0.954. The molecule has 0 rings (SSSR count). The van der Waals surface area contributed by atoms with E-state index in [4.69, 9.17) is 15.3 Å². The third-order valence-electron chi connectivity index (χ3n) is 0.421. The normalized spacial score (nSPS) is 7.50. The Labute approximate surface area is 90.9 Å². The summed E-state index contributed by atoms with van der Waals surface area (Å²) < 4.78 is 0. The van der Waals surface area contributed by atoms with Gasteiger partial charge < -0.3 is 15.3 Å². The van der Waals surface area contributed by atoms with E-state index in [9.17, 15) is 0 Å². The maximum Gasteiger partial charge on any atom is 0 e. The summed E-state index contributed by atoms with van der Waals surface area (Å²) in [4.78, 5) is 0. The molecule has 0 saturated carbocycles. The fourth-order valence-corrected chi connectivity index (χ4v) is 0.0577. The number of hydrogen-bond acceptors (Lipinski definition) is 3. The maximum atomic E-state index is 8.17. The standard InChI is InChI=1S/C3H8O3.Ca.Zn.2H/c4-1-3(6)2-5;;;;/h3-6H,1-2H2;;;;. The van der Waals surface area contributed by atoms with Gasteiger partial charge in [0.2, 0.25) is 0 Å². The van der Waals surface area contributed by atoms with E-state index in [0.29, 0.717) is 0 Å². The van der Waals surface area contributed by atoms with Crippen LogP contribution in [0.15, 0.2) is 0 Å². The first-order chi connectivity index (χ1) is 2.81. The predicted molar refractivity (Wildman–Crippen MR) is 28.7 cm³/mol. The molecule has 44 valence electrons. The second-order valence-electron chi connectivity index (χ2n) is 1.02. The molecule has 0 aromatic heterocycles. The van der Waals surface area contributed by atoms with Crippen LogP contribution in [0.25, 0.3) is 0 Å². The van der Waals surface area contributed by atoms with E-state index in [2.05, 4.69) is 0 Å². The van der Waals surface area contributed by atoms with Gasteiger partial charge in [0.15, 0.2) is 0 Å². The molecule has 8 heavy (non-hydrogen) atoms. The van der Waals surface area contributed by atoms with Crippen molar-refractivity contribution in [1.29, 1.82) is 0 Å². The Balaban J connectivity index is -0.000000125. The fourth-order valence-electron chi connectivity index (χ4n) is 0.0577. The van der Waals surface area contributed by atoms with Crippen LogP contribution < -0.4 is 0 Å². The predicted octanol–water partition coefficient (Wildman–Crippen LogP) is -2.59. The van der Waals surface area contributed by atoms with Crippen LogP contribution >= 0.6 is 0 Å². The van der Waals surface area contributed by atoms with Gasteiger partial charge in [0.05, 0.1) is 13.2 Å². The first-order valence-corrected chi connectivity index (χ1v) is 1.71. The van der Waals surface area contributed by atoms with Gasteiger partial charge in [-0.25, -0.2) is 0 Å². The number of hydrogen-bond donors (Lipinski definition) is 3. The van der Waals surface area contributed by atoms with Crippen LogP contribution in [0.4, 0.5) is 0 Å². The minimum atomic E-state index is -0.954. The zero-order chi connectivity index (χ0) is 4.99. The van der Waals surface area contributed by atoms with E-state index >= 15 is 0 Å². The number of aliphatic hydroxyl groups is 3. The van der Waals surface area contributed by atoms with Gasteiger partial charge in [-0.1, -0.05) is 0 Å². The van der Waals surface area contributed by atoms with E-state index in [1.54, 1.807) is 0 Å². The van der Waals surface area contributed by atoms with Crippen molar-refractivity contribution in [3.8, 4) is 0 Å². The third-order valence-corrected chi connectivity index (χ3v) is 0.421. The molecule has 0 bridgehead atoms. The Morgan fingerprint density at radius 2 is 1.38 bits per heavy atom. The minimum Gasteiger partial charge on any atom is 0 e. The average Bonchev–Trinajstić information content (AvgIpc) is 1.65. The zero-order valence-electron chi connectivity index (χ0n) is 4.04. The molecule has 0 aliphatic carbocycles. The van der Waals surface area contributed by atoms with Crippen LogP contribution in [0.2, 0.25) is 0 Å². The zero-order valence-corrected chi connectivity index (χ0v) is 7.01. The van der Waals surface area contributed by atoms with Crippen molar-refractivity contribution in [2.45, 2.75) is 6.10 Å². The molecule has 0 heterocycles. The molecule has 3 N–H and O–H groups in total. The molecule has 0 spiro atoms. The molecule has 0 aliphatic heterocycles. The second kappa shape index (κ2) is 11.5. The van der Waals surface area contributed by atoms with Gasteiger partial charge in [0, 0.05) is 19.5 Å². The van der Waals surface area contributed by atoms with Crippen LogP contribution in [0.1, 0.15) is 0 Å². The Morgan fingerprint density at radius 3 is 1.38 bits per heavy atom. The molecule has 0 aromatic rings. The van der Waals surface area contributed by atoms with Crippen molar-refractivity contribution < 1.29 is 34.8 Å². The summed E-state index contributed by atoms with van der Waals surface area (Å²) in [7, 11) is 0. The Bertz CT molecular complexity index is 33.7. The molecular formula is C3H10CaO3Zn. The van der Waals surface area contributed by atoms with Gasteiger partial charge in [0.25, 0.3) is 0 Å². The molecule has 0 aliphatic rings. The molecule has 0 unspecified atom stereocenters. The molecule has 0 radical (unpaired) electrons. The van der Waals surface area contributed by atoms with Crippen LogP contribution in [0.5, 0.6) is 0 Å². The van der Waals surface area contributed by atoms with Gasteiger partial charge in [-0.05, 0) is 0 Å². The maximum absolute atomic E-state index is 8.17. The van der Waals surface area contributed by atoms with Crippen molar-refractivity contribution in [1.82, 2.24) is 0 Å². The first-order valence-electron chi connectivity index (χ1n) is 1.71. The monoisotopic (exact) mass is 198 g/mol. The molecule has 0 atom stereocenters. The Hall–Kier alpha value is 1.76. The minimum absolute atomic E-state index is 0. The van der Waals surface area contributed by atoms with Crippen molar-refractivity contribution in [3.63, 3.8) is 0 Å². The van der Waals surface area contributed by atoms with E-state index in [-0.39, 0.29) is 70.4 Å². The van der Waals surface area contributed by atoms with Crippen LogP contribution in [-0.4, -0.2) is 72.4 Å². The van der Waals surface area contributed by atoms with E-state index in [0.717, 1.165) is 0 Å². The van der Waals surface area contributed by atoms with E-state index in [1.807, 2.05) is 0 Å². The van der Waals surface area contributed by atoms with Gasteiger partial charge in [-0.15, -0.1) is 0 Å². The number of aliphatic hydroxyl groups excluding tert-OH is 3. The van der Waals surface area contributed by atoms with Crippen molar-refractivity contribution in [2.24, 2.45) is 0 Å². The topological polar surface area (TPSA) is 60.7 Å². The summed E-state index contributed by atoms with van der Waals surface area (Å²) in [5.41, 5.74) is 0. The molecule has 0 fully saturated rings. The van der Waals surface area contributed by atoms with Gasteiger partial charge in [0.1, 0.15) is 6.10 Å². The molecule has 5 heteroatoms. The SMILES string of the molecule is OCC(O)CO.[CaH2].[Zn]. The number of rotatable bonds is 2. The van der Waals surface area contributed by atoms with Crippen molar-refractivity contribution in [3.05, 3.63) is 0 Å². The van der Waals surface area contributed by atoms with Crippen LogP contribution in [0, 0.1) is 0 Å². The van der Waals surface area contributed by atoms with Crippen molar-refractivity contribution in [2.75, 3.05) is 13.2 Å². The van der Waals surface area contributed by atoms with Gasteiger partial charge >= 0.3 is 37.7 Å². The van der Waals surface area contributed by atoms with Crippen LogP contribution in [0.3, 0.4) is 0 Å². The Kier molecular flexibility index (Phi) is 23.7. The summed E-state index contributed by atoms with van der Waals surface area (Å²) in [5.74, 6) is 0. The fraction of sp³-hybridized carbons (Fsp3) is 1.00. The Morgan fingerprint density at radius 1 is 1.12 bits per heavy atom. The summed E-state index contributed by atoms with van der Waals surface area (Å²) in [6, 6.07) is 0. The summed E-state index contributed by atoms with van der Waals surface area (Å²) in [6.45, 7) is -0.729. The van der Waals surface area contributed by atoms with Gasteiger partial charge in [-0.3, -0.25) is 0 Å². The molecule has 0 aromatic carbocycles. The van der Waals surface area contributed by atoms with Crippen LogP contribution in [-0.2, 0) is 19.5 Å². The van der Waals surface area contributed by atoms with E-state index < -0.39 is 6.10 Å². The van der Waals surface area contributed by atoms with E-state index in [1.165, 1.54) is 0 Å². The summed E-state index contributed by atoms with van der Waals surface area (Å²) in [5, 5.41) is 24.0. The average molecular weight is 200 g/mol. The largest absolute Gasteiger partial charge is 0 e. The molecule has 3 nitrogen and oxygen atoms in total. The second-order valence-corrected chi connectivity index (χ2v) is 1.02.